The lowest BCUT2D eigenvalue weighted by atomic mass is 10.1. The molecule has 0 radical (unpaired) electrons. The maximum absolute atomic E-state index is 11.6. The minimum atomic E-state index is -0.00512. The van der Waals surface area contributed by atoms with Crippen molar-refractivity contribution in [3.05, 3.63) is 0 Å². The van der Waals surface area contributed by atoms with Crippen molar-refractivity contribution >= 4 is 11.9 Å². The summed E-state index contributed by atoms with van der Waals surface area (Å²) in [7, 11) is 3.47. The van der Waals surface area contributed by atoms with Crippen LogP contribution in [0.4, 0.5) is 0 Å². The maximum Gasteiger partial charge on any atom is 0.243 e. The second kappa shape index (κ2) is 16.6. The van der Waals surface area contributed by atoms with Crippen LogP contribution < -0.4 is 10.6 Å². The number of guanidine groups is 1. The Morgan fingerprint density at radius 3 is 2.29 bits per heavy atom. The van der Waals surface area contributed by atoms with Crippen LogP contribution in [0.25, 0.3) is 0 Å². The third kappa shape index (κ3) is 14.3. The molecule has 0 atom stereocenters. The molecule has 0 aromatic rings. The van der Waals surface area contributed by atoms with Crippen LogP contribution in [0.3, 0.4) is 0 Å². The van der Waals surface area contributed by atoms with Crippen molar-refractivity contribution in [2.45, 2.75) is 58.8 Å². The van der Waals surface area contributed by atoms with E-state index in [0.29, 0.717) is 5.96 Å². The van der Waals surface area contributed by atoms with E-state index in [1.807, 2.05) is 6.92 Å². The average molecular weight is 343 g/mol. The molecule has 0 saturated carbocycles. The highest BCUT2D eigenvalue weighted by Gasteiger charge is 2.03. The van der Waals surface area contributed by atoms with Crippen molar-refractivity contribution in [2.75, 3.05) is 46.9 Å². The topological polar surface area (TPSA) is 66.0 Å². The molecule has 2 N–H and O–H groups in total. The highest BCUT2D eigenvalue weighted by molar-refractivity contribution is 5.84. The summed E-state index contributed by atoms with van der Waals surface area (Å²) in [6.07, 6.45) is 8.69. The second-order valence-electron chi connectivity index (χ2n) is 6.14. The lowest BCUT2D eigenvalue weighted by Gasteiger charge is -2.12. The van der Waals surface area contributed by atoms with Gasteiger partial charge in [-0.25, -0.2) is 4.99 Å². The molecule has 0 bridgehead atoms. The lowest BCUT2D eigenvalue weighted by molar-refractivity contribution is -0.127. The van der Waals surface area contributed by atoms with Crippen molar-refractivity contribution in [2.24, 2.45) is 4.99 Å². The first-order valence-electron chi connectivity index (χ1n) is 9.41. The van der Waals surface area contributed by atoms with Crippen LogP contribution >= 0.6 is 0 Å². The Balaban J connectivity index is 3.63. The van der Waals surface area contributed by atoms with E-state index in [1.165, 1.54) is 32.1 Å². The number of aliphatic imine (C=N–C) groups is 1. The number of hydrogen-bond donors (Lipinski definition) is 2. The fraction of sp³-hybridized carbons (Fsp3) is 0.889. The molecule has 6 nitrogen and oxygen atoms in total. The zero-order valence-corrected chi connectivity index (χ0v) is 16.2. The predicted octanol–water partition coefficient (Wildman–Crippen LogP) is 2.40. The first-order chi connectivity index (χ1) is 11.6. The van der Waals surface area contributed by atoms with Gasteiger partial charge in [0.1, 0.15) is 6.54 Å². The van der Waals surface area contributed by atoms with E-state index in [2.05, 4.69) is 22.5 Å². The first kappa shape index (κ1) is 22.7. The maximum atomic E-state index is 11.6. The number of rotatable bonds is 14. The highest BCUT2D eigenvalue weighted by Crippen LogP contribution is 2.04. The minimum Gasteiger partial charge on any atom is -0.381 e. The van der Waals surface area contributed by atoms with Gasteiger partial charge >= 0.3 is 0 Å². The summed E-state index contributed by atoms with van der Waals surface area (Å²) in [6, 6.07) is 0. The smallest absolute Gasteiger partial charge is 0.243 e. The van der Waals surface area contributed by atoms with Gasteiger partial charge in [0.05, 0.1) is 0 Å². The molecule has 0 unspecified atom stereocenters. The molecule has 0 rings (SSSR count). The van der Waals surface area contributed by atoms with Crippen LogP contribution in [-0.4, -0.2) is 63.7 Å². The Bertz CT molecular complexity index is 333. The standard InChI is InChI=1S/C18H38N4O2/c1-5-7-8-9-10-11-14-24-15-12-13-20-18(19-6-2)21-16-17(23)22(3)4/h5-16H2,1-4H3,(H2,19,20,21). The second-order valence-corrected chi connectivity index (χ2v) is 6.14. The average Bonchev–Trinajstić information content (AvgIpc) is 2.56. The SMILES string of the molecule is CCCCCCCCOCCCNC(=NCC(=O)N(C)C)NCC. The minimum absolute atomic E-state index is 0.00512. The van der Waals surface area contributed by atoms with Crippen molar-refractivity contribution in [3.8, 4) is 0 Å². The molecule has 0 heterocycles. The molecule has 0 aliphatic heterocycles. The number of unbranched alkanes of at least 4 members (excludes halogenated alkanes) is 5. The van der Waals surface area contributed by atoms with Gasteiger partial charge in [-0.3, -0.25) is 4.79 Å². The normalized spacial score (nSPS) is 11.4. The van der Waals surface area contributed by atoms with Crippen LogP contribution in [0.5, 0.6) is 0 Å². The largest absolute Gasteiger partial charge is 0.381 e. The molecule has 0 saturated heterocycles. The van der Waals surface area contributed by atoms with Crippen LogP contribution in [0.1, 0.15) is 58.8 Å². The molecular formula is C18H38N4O2. The van der Waals surface area contributed by atoms with Gasteiger partial charge in [0.2, 0.25) is 5.91 Å². The molecule has 0 aliphatic carbocycles. The molecule has 142 valence electrons. The van der Waals surface area contributed by atoms with E-state index in [9.17, 15) is 4.79 Å². The Labute approximate surface area is 148 Å². The van der Waals surface area contributed by atoms with E-state index >= 15 is 0 Å². The summed E-state index contributed by atoms with van der Waals surface area (Å²) in [6.45, 7) is 7.60. The summed E-state index contributed by atoms with van der Waals surface area (Å²) in [4.78, 5) is 17.4. The molecule has 1 amide bonds. The van der Waals surface area contributed by atoms with E-state index in [0.717, 1.165) is 39.1 Å². The van der Waals surface area contributed by atoms with Crippen molar-refractivity contribution in [3.63, 3.8) is 0 Å². The van der Waals surface area contributed by atoms with Gasteiger partial charge in [-0.1, -0.05) is 39.0 Å². The van der Waals surface area contributed by atoms with Gasteiger partial charge in [0, 0.05) is 40.4 Å². The summed E-state index contributed by atoms with van der Waals surface area (Å²) in [5.41, 5.74) is 0. The summed E-state index contributed by atoms with van der Waals surface area (Å²) < 4.78 is 5.65. The summed E-state index contributed by atoms with van der Waals surface area (Å²) in [5, 5.41) is 6.37. The van der Waals surface area contributed by atoms with Crippen LogP contribution in [0.2, 0.25) is 0 Å². The van der Waals surface area contributed by atoms with Crippen LogP contribution in [0, 0.1) is 0 Å². The number of ether oxygens (including phenoxy) is 1. The fourth-order valence-electron chi connectivity index (χ4n) is 2.10. The summed E-state index contributed by atoms with van der Waals surface area (Å²) in [5.74, 6) is 0.679. The van der Waals surface area contributed by atoms with E-state index < -0.39 is 0 Å². The van der Waals surface area contributed by atoms with E-state index in [-0.39, 0.29) is 12.5 Å². The zero-order chi connectivity index (χ0) is 18.0. The van der Waals surface area contributed by atoms with E-state index in [1.54, 1.807) is 19.0 Å². The van der Waals surface area contributed by atoms with Gasteiger partial charge in [-0.2, -0.15) is 0 Å². The third-order valence-corrected chi connectivity index (χ3v) is 3.62. The zero-order valence-electron chi connectivity index (χ0n) is 16.2. The molecular weight excluding hydrogens is 304 g/mol. The number of nitrogens with zero attached hydrogens (tertiary/aromatic N) is 2. The Hall–Kier alpha value is -1.30. The van der Waals surface area contributed by atoms with E-state index in [4.69, 9.17) is 4.74 Å². The third-order valence-electron chi connectivity index (χ3n) is 3.62. The lowest BCUT2D eigenvalue weighted by Crippen LogP contribution is -2.39. The number of carbonyl (C=O) groups excluding carboxylic acids is 1. The molecule has 24 heavy (non-hydrogen) atoms. The highest BCUT2D eigenvalue weighted by atomic mass is 16.5. The molecule has 0 fully saturated rings. The van der Waals surface area contributed by atoms with Crippen molar-refractivity contribution in [1.29, 1.82) is 0 Å². The summed E-state index contributed by atoms with van der Waals surface area (Å²) >= 11 is 0. The number of carbonyl (C=O) groups is 1. The Kier molecular flexibility index (Phi) is 15.7. The first-order valence-corrected chi connectivity index (χ1v) is 9.41. The molecule has 6 heteroatoms. The number of likely N-dealkylation sites (N-methyl/N-ethyl adjacent to an activating group) is 1. The number of amides is 1. The van der Waals surface area contributed by atoms with Crippen molar-refractivity contribution in [1.82, 2.24) is 15.5 Å². The van der Waals surface area contributed by atoms with Gasteiger partial charge in [-0.05, 0) is 19.8 Å². The van der Waals surface area contributed by atoms with Crippen LogP contribution in [-0.2, 0) is 9.53 Å². The van der Waals surface area contributed by atoms with Gasteiger partial charge in [0.15, 0.2) is 5.96 Å². The number of hydrogen-bond acceptors (Lipinski definition) is 3. The Morgan fingerprint density at radius 2 is 1.62 bits per heavy atom. The quantitative estimate of drug-likeness (QED) is 0.289. The molecule has 0 aromatic carbocycles. The van der Waals surface area contributed by atoms with Gasteiger partial charge < -0.3 is 20.3 Å². The fourth-order valence-corrected chi connectivity index (χ4v) is 2.10. The van der Waals surface area contributed by atoms with Crippen LogP contribution in [0.15, 0.2) is 4.99 Å². The number of nitrogens with one attached hydrogen (secondary N) is 2. The molecule has 0 aromatic heterocycles. The van der Waals surface area contributed by atoms with Gasteiger partial charge in [-0.15, -0.1) is 0 Å². The monoisotopic (exact) mass is 342 g/mol. The van der Waals surface area contributed by atoms with Gasteiger partial charge in [0.25, 0.3) is 0 Å². The Morgan fingerprint density at radius 1 is 0.958 bits per heavy atom. The van der Waals surface area contributed by atoms with Crippen molar-refractivity contribution < 1.29 is 9.53 Å². The predicted molar refractivity (Wildman–Crippen MR) is 101 cm³/mol. The molecule has 0 spiro atoms. The molecule has 0 aliphatic rings.